The summed E-state index contributed by atoms with van der Waals surface area (Å²) in [5.41, 5.74) is 4.17. The van der Waals surface area contributed by atoms with E-state index in [1.807, 2.05) is 18.2 Å². The largest absolute Gasteiger partial charge is 0.390 e. The van der Waals surface area contributed by atoms with Gasteiger partial charge in [-0.15, -0.1) is 0 Å². The number of amides is 2. The van der Waals surface area contributed by atoms with Gasteiger partial charge in [-0.25, -0.2) is 4.68 Å². The van der Waals surface area contributed by atoms with Crippen LogP contribution in [0.1, 0.15) is 37.7 Å². The summed E-state index contributed by atoms with van der Waals surface area (Å²) in [5.74, 6) is -0.223. The van der Waals surface area contributed by atoms with E-state index in [9.17, 15) is 14.7 Å². The number of anilines is 1. The summed E-state index contributed by atoms with van der Waals surface area (Å²) in [6, 6.07) is 6.72. The van der Waals surface area contributed by atoms with Crippen molar-refractivity contribution in [2.75, 3.05) is 31.6 Å². The highest BCUT2D eigenvalue weighted by molar-refractivity contribution is 6.76. The Balaban J connectivity index is 1.55. The Morgan fingerprint density at radius 2 is 1.91 bits per heavy atom. The van der Waals surface area contributed by atoms with Crippen molar-refractivity contribution in [1.29, 1.82) is 0 Å². The summed E-state index contributed by atoms with van der Waals surface area (Å²) in [5, 5.41) is 14.4. The number of carbonyl (C=O) groups is 2. The maximum Gasteiger partial charge on any atom is 0.279 e. The van der Waals surface area contributed by atoms with Crippen LogP contribution >= 0.6 is 0 Å². The average Bonchev–Trinajstić information content (AvgIpc) is 3.12. The molecule has 172 valence electrons. The number of carbonyl (C=O) groups excluding carboxylic acids is 2. The van der Waals surface area contributed by atoms with Gasteiger partial charge in [0, 0.05) is 51.6 Å². The van der Waals surface area contributed by atoms with Gasteiger partial charge in [0.15, 0.2) is 5.69 Å². The van der Waals surface area contributed by atoms with Crippen LogP contribution in [0.4, 0.5) is 5.69 Å². The Morgan fingerprint density at radius 1 is 1.12 bits per heavy atom. The fraction of sp³-hybridized carbons (Fsp3) is 0.522. The lowest BCUT2D eigenvalue weighted by molar-refractivity contribution is 0.0725. The van der Waals surface area contributed by atoms with Crippen LogP contribution in [0.15, 0.2) is 18.2 Å². The average molecular weight is 457 g/mol. The Labute approximate surface area is 189 Å². The second-order valence-corrected chi connectivity index (χ2v) is 15.4. The predicted molar refractivity (Wildman–Crippen MR) is 125 cm³/mol. The number of ether oxygens (including phenoxy) is 1. The van der Waals surface area contributed by atoms with Crippen LogP contribution in [0.5, 0.6) is 0 Å². The van der Waals surface area contributed by atoms with E-state index >= 15 is 0 Å². The maximum atomic E-state index is 13.3. The molecule has 0 aliphatic carbocycles. The van der Waals surface area contributed by atoms with Gasteiger partial charge in [-0.05, 0) is 36.6 Å². The first kappa shape index (κ1) is 22.7. The highest BCUT2D eigenvalue weighted by Gasteiger charge is 2.33. The maximum absolute atomic E-state index is 13.3. The number of likely N-dealkylation sites (N-methyl/N-ethyl adjacent to an activating group) is 1. The number of aromatic nitrogens is 2. The van der Waals surface area contributed by atoms with E-state index < -0.39 is 8.07 Å². The third-order valence-electron chi connectivity index (χ3n) is 6.26. The summed E-state index contributed by atoms with van der Waals surface area (Å²) in [7, 11) is 0.601. The SMILES string of the molecule is CN1CCc2ccc(N3CCc4c(nn(COCC[Si](C)(C)C)c4CO)C3=O)cc2C1=O. The van der Waals surface area contributed by atoms with Crippen LogP contribution in [-0.2, 0) is 30.9 Å². The minimum absolute atomic E-state index is 0.0134. The molecule has 8 nitrogen and oxygen atoms in total. The molecule has 0 saturated carbocycles. The van der Waals surface area contributed by atoms with Crippen molar-refractivity contribution in [3.8, 4) is 0 Å². The number of nitrogens with zero attached hydrogens (tertiary/aromatic N) is 4. The summed E-state index contributed by atoms with van der Waals surface area (Å²) in [4.78, 5) is 29.3. The van der Waals surface area contributed by atoms with E-state index in [0.29, 0.717) is 48.8 Å². The lowest BCUT2D eigenvalue weighted by atomic mass is 9.97. The molecule has 2 aliphatic heterocycles. The molecule has 0 unspecified atom stereocenters. The second-order valence-electron chi connectivity index (χ2n) is 9.80. The molecule has 0 saturated heterocycles. The Kier molecular flexibility index (Phi) is 6.24. The first-order valence-electron chi connectivity index (χ1n) is 11.2. The molecule has 2 aromatic rings. The van der Waals surface area contributed by atoms with E-state index in [1.54, 1.807) is 21.5 Å². The quantitative estimate of drug-likeness (QED) is 0.511. The van der Waals surface area contributed by atoms with Crippen molar-refractivity contribution in [3.63, 3.8) is 0 Å². The van der Waals surface area contributed by atoms with Crippen molar-refractivity contribution in [2.24, 2.45) is 0 Å². The van der Waals surface area contributed by atoms with Crippen LogP contribution in [-0.4, -0.2) is 66.4 Å². The molecule has 1 aromatic carbocycles. The van der Waals surface area contributed by atoms with Crippen molar-refractivity contribution >= 4 is 25.6 Å². The Hall–Kier alpha value is -2.49. The molecule has 32 heavy (non-hydrogen) atoms. The molecule has 0 atom stereocenters. The van der Waals surface area contributed by atoms with Crippen LogP contribution in [0.2, 0.25) is 25.7 Å². The van der Waals surface area contributed by atoms with Gasteiger partial charge in [0.1, 0.15) is 6.73 Å². The second kappa shape index (κ2) is 8.80. The monoisotopic (exact) mass is 456 g/mol. The van der Waals surface area contributed by atoms with Crippen molar-refractivity contribution in [3.05, 3.63) is 46.3 Å². The highest BCUT2D eigenvalue weighted by atomic mass is 28.3. The minimum atomic E-state index is -1.20. The predicted octanol–water partition coefficient (Wildman–Crippen LogP) is 2.52. The molecular formula is C23H32N4O4Si. The smallest absolute Gasteiger partial charge is 0.279 e. The van der Waals surface area contributed by atoms with Gasteiger partial charge in [-0.1, -0.05) is 25.7 Å². The molecule has 2 aliphatic rings. The Morgan fingerprint density at radius 3 is 2.62 bits per heavy atom. The molecule has 3 heterocycles. The highest BCUT2D eigenvalue weighted by Crippen LogP contribution is 2.29. The molecule has 0 fully saturated rings. The molecule has 0 spiro atoms. The molecule has 1 aromatic heterocycles. The number of aliphatic hydroxyl groups excluding tert-OH is 1. The standard InChI is InChI=1S/C23H32N4O4Si/c1-25-9-7-16-5-6-17(13-19(16)22(25)29)26-10-8-18-20(14-28)27(24-21(18)23(26)30)15-31-11-12-32(2,3)4/h5-6,13,28H,7-12,14-15H2,1-4H3. The van der Waals surface area contributed by atoms with Gasteiger partial charge < -0.3 is 19.6 Å². The zero-order chi connectivity index (χ0) is 23.0. The number of aliphatic hydroxyl groups is 1. The third kappa shape index (κ3) is 4.37. The van der Waals surface area contributed by atoms with Crippen molar-refractivity contribution in [2.45, 2.75) is 51.9 Å². The van der Waals surface area contributed by atoms with E-state index in [1.165, 1.54) is 0 Å². The van der Waals surface area contributed by atoms with Gasteiger partial charge in [0.25, 0.3) is 11.8 Å². The number of fused-ring (bicyclic) bond motifs is 2. The fourth-order valence-corrected chi connectivity index (χ4v) is 4.98. The minimum Gasteiger partial charge on any atom is -0.390 e. The van der Waals surface area contributed by atoms with Gasteiger partial charge in [0.05, 0.1) is 12.3 Å². The number of hydrogen-bond donors (Lipinski definition) is 1. The first-order chi connectivity index (χ1) is 15.2. The molecule has 9 heteroatoms. The van der Waals surface area contributed by atoms with Crippen molar-refractivity contribution < 1.29 is 19.4 Å². The third-order valence-corrected chi connectivity index (χ3v) is 7.96. The number of rotatable bonds is 7. The topological polar surface area (TPSA) is 87.9 Å². The normalized spacial score (nSPS) is 16.4. The van der Waals surface area contributed by atoms with Crippen molar-refractivity contribution in [1.82, 2.24) is 14.7 Å². The molecule has 4 rings (SSSR count). The number of benzene rings is 1. The van der Waals surface area contributed by atoms with E-state index in [0.717, 1.165) is 23.6 Å². The van der Waals surface area contributed by atoms with E-state index in [2.05, 4.69) is 24.7 Å². The summed E-state index contributed by atoms with van der Waals surface area (Å²) < 4.78 is 7.42. The number of hydrogen-bond acceptors (Lipinski definition) is 5. The fourth-order valence-electron chi connectivity index (χ4n) is 4.23. The molecule has 0 bridgehead atoms. The zero-order valence-electron chi connectivity index (χ0n) is 19.3. The van der Waals surface area contributed by atoms with Gasteiger partial charge in [-0.2, -0.15) is 5.10 Å². The zero-order valence-corrected chi connectivity index (χ0v) is 20.3. The van der Waals surface area contributed by atoms with Gasteiger partial charge >= 0.3 is 0 Å². The van der Waals surface area contributed by atoms with E-state index in [-0.39, 0.29) is 25.2 Å². The van der Waals surface area contributed by atoms with Crippen LogP contribution < -0.4 is 4.90 Å². The lowest BCUT2D eigenvalue weighted by Crippen LogP contribution is -2.39. The van der Waals surface area contributed by atoms with Gasteiger partial charge in [0.2, 0.25) is 0 Å². The lowest BCUT2D eigenvalue weighted by Gasteiger charge is -2.29. The van der Waals surface area contributed by atoms with Gasteiger partial charge in [-0.3, -0.25) is 9.59 Å². The summed E-state index contributed by atoms with van der Waals surface area (Å²) in [6.45, 7) is 8.74. The first-order valence-corrected chi connectivity index (χ1v) is 14.9. The summed E-state index contributed by atoms with van der Waals surface area (Å²) in [6.07, 6.45) is 1.41. The Bertz CT molecular complexity index is 1040. The van der Waals surface area contributed by atoms with Crippen LogP contribution in [0, 0.1) is 0 Å². The molecular weight excluding hydrogens is 424 g/mol. The molecule has 0 radical (unpaired) electrons. The molecule has 1 N–H and O–H groups in total. The molecule has 2 amide bonds. The van der Waals surface area contributed by atoms with E-state index in [4.69, 9.17) is 4.74 Å². The van der Waals surface area contributed by atoms with Crippen LogP contribution in [0.25, 0.3) is 0 Å². The summed E-state index contributed by atoms with van der Waals surface area (Å²) >= 11 is 0. The van der Waals surface area contributed by atoms with Crippen LogP contribution in [0.3, 0.4) is 0 Å².